The molecule has 0 aliphatic rings. The zero-order valence-electron chi connectivity index (χ0n) is 10.4. The number of thiophene rings is 2. The van der Waals surface area contributed by atoms with Gasteiger partial charge in [-0.2, -0.15) is 0 Å². The first-order valence-electron chi connectivity index (χ1n) is 5.52. The third kappa shape index (κ3) is 2.43. The number of halogens is 1. The molecule has 0 aromatic carbocycles. The molecule has 1 atom stereocenters. The van der Waals surface area contributed by atoms with Gasteiger partial charge < -0.3 is 5.32 Å². The highest BCUT2D eigenvalue weighted by molar-refractivity contribution is 7.13. The van der Waals surface area contributed by atoms with Crippen LogP contribution in [0.25, 0.3) is 0 Å². The molecule has 0 fully saturated rings. The molecule has 0 radical (unpaired) electrons. The van der Waals surface area contributed by atoms with Gasteiger partial charge in [-0.05, 0) is 50.4 Å². The maximum absolute atomic E-state index is 6.37. The Hall–Kier alpha value is -0.350. The second kappa shape index (κ2) is 5.11. The van der Waals surface area contributed by atoms with Crippen molar-refractivity contribution in [1.82, 2.24) is 5.32 Å². The molecule has 0 saturated carbocycles. The van der Waals surface area contributed by atoms with Gasteiger partial charge in [0.1, 0.15) is 0 Å². The summed E-state index contributed by atoms with van der Waals surface area (Å²) in [4.78, 5) is 3.94. The fraction of sp³-hybridized carbons (Fsp3) is 0.385. The van der Waals surface area contributed by atoms with Crippen LogP contribution in [-0.4, -0.2) is 7.05 Å². The normalized spacial score (nSPS) is 13.0. The first-order chi connectivity index (χ1) is 8.04. The molecule has 0 bridgehead atoms. The lowest BCUT2D eigenvalue weighted by Gasteiger charge is -2.15. The number of rotatable bonds is 3. The van der Waals surface area contributed by atoms with Crippen LogP contribution >= 0.6 is 34.3 Å². The predicted octanol–water partition coefficient (Wildman–Crippen LogP) is 4.70. The summed E-state index contributed by atoms with van der Waals surface area (Å²) in [7, 11) is 1.99. The van der Waals surface area contributed by atoms with Crippen LogP contribution < -0.4 is 5.32 Å². The molecule has 1 nitrogen and oxygen atoms in total. The van der Waals surface area contributed by atoms with E-state index in [9.17, 15) is 0 Å². The lowest BCUT2D eigenvalue weighted by molar-refractivity contribution is 0.712. The molecule has 4 heteroatoms. The van der Waals surface area contributed by atoms with E-state index in [1.54, 1.807) is 11.3 Å². The summed E-state index contributed by atoms with van der Waals surface area (Å²) in [5.41, 5.74) is 2.51. The standard InChI is InChI=1S/C13H16ClNS2/c1-7-5-9(3)17-12(7)11(15-4)13-10(14)8(2)6-16-13/h5-6,11,15H,1-4H3. The minimum absolute atomic E-state index is 0.222. The minimum Gasteiger partial charge on any atom is -0.308 e. The van der Waals surface area contributed by atoms with Crippen LogP contribution in [0.4, 0.5) is 0 Å². The Morgan fingerprint density at radius 2 is 1.88 bits per heavy atom. The van der Waals surface area contributed by atoms with Gasteiger partial charge in [0.25, 0.3) is 0 Å². The van der Waals surface area contributed by atoms with Gasteiger partial charge in [-0.1, -0.05) is 11.6 Å². The minimum atomic E-state index is 0.222. The van der Waals surface area contributed by atoms with Crippen molar-refractivity contribution in [3.63, 3.8) is 0 Å². The Kier molecular flexibility index (Phi) is 3.93. The highest BCUT2D eigenvalue weighted by atomic mass is 35.5. The molecule has 17 heavy (non-hydrogen) atoms. The Morgan fingerprint density at radius 1 is 1.18 bits per heavy atom. The average Bonchev–Trinajstić information content (AvgIpc) is 2.77. The maximum Gasteiger partial charge on any atom is 0.0780 e. The third-order valence-corrected chi connectivity index (χ3v) is 5.81. The molecule has 0 saturated heterocycles. The number of aryl methyl sites for hydroxylation is 3. The van der Waals surface area contributed by atoms with Gasteiger partial charge in [0.2, 0.25) is 0 Å². The van der Waals surface area contributed by atoms with Crippen molar-refractivity contribution < 1.29 is 0 Å². The van der Waals surface area contributed by atoms with E-state index in [0.29, 0.717) is 0 Å². The molecule has 0 aliphatic heterocycles. The molecule has 2 heterocycles. The van der Waals surface area contributed by atoms with Crippen molar-refractivity contribution in [1.29, 1.82) is 0 Å². The van der Waals surface area contributed by atoms with Crippen LogP contribution in [0.3, 0.4) is 0 Å². The number of hydrogen-bond donors (Lipinski definition) is 1. The van der Waals surface area contributed by atoms with E-state index in [0.717, 1.165) is 10.6 Å². The van der Waals surface area contributed by atoms with E-state index < -0.39 is 0 Å². The summed E-state index contributed by atoms with van der Waals surface area (Å²) in [6.45, 7) is 6.37. The monoisotopic (exact) mass is 285 g/mol. The van der Waals surface area contributed by atoms with E-state index in [-0.39, 0.29) is 6.04 Å². The van der Waals surface area contributed by atoms with Crippen molar-refractivity contribution in [2.24, 2.45) is 0 Å². The Morgan fingerprint density at radius 3 is 2.29 bits per heavy atom. The lowest BCUT2D eigenvalue weighted by atomic mass is 10.1. The highest BCUT2D eigenvalue weighted by Gasteiger charge is 2.21. The molecular formula is C13H16ClNS2. The summed E-state index contributed by atoms with van der Waals surface area (Å²) in [5, 5.41) is 6.40. The Bertz CT molecular complexity index is 526. The molecule has 0 amide bonds. The van der Waals surface area contributed by atoms with Gasteiger partial charge >= 0.3 is 0 Å². The van der Waals surface area contributed by atoms with Crippen molar-refractivity contribution in [3.8, 4) is 0 Å². The van der Waals surface area contributed by atoms with Gasteiger partial charge in [0.15, 0.2) is 0 Å². The van der Waals surface area contributed by atoms with Crippen molar-refractivity contribution in [3.05, 3.63) is 42.2 Å². The first kappa shape index (κ1) is 13.1. The molecule has 1 N–H and O–H groups in total. The summed E-state index contributed by atoms with van der Waals surface area (Å²) in [6.07, 6.45) is 0. The molecular weight excluding hydrogens is 270 g/mol. The van der Waals surface area contributed by atoms with Gasteiger partial charge in [-0.25, -0.2) is 0 Å². The second-order valence-corrected chi connectivity index (χ2v) is 6.80. The molecule has 2 aromatic rings. The molecule has 2 aromatic heterocycles. The van der Waals surface area contributed by atoms with E-state index in [4.69, 9.17) is 11.6 Å². The van der Waals surface area contributed by atoms with Crippen LogP contribution in [0.15, 0.2) is 11.4 Å². The van der Waals surface area contributed by atoms with Crippen LogP contribution in [0, 0.1) is 20.8 Å². The van der Waals surface area contributed by atoms with Crippen molar-refractivity contribution in [2.75, 3.05) is 7.05 Å². The second-order valence-electron chi connectivity index (χ2n) is 4.22. The zero-order chi connectivity index (χ0) is 12.6. The van der Waals surface area contributed by atoms with Gasteiger partial charge in [-0.3, -0.25) is 0 Å². The van der Waals surface area contributed by atoms with Crippen LogP contribution in [-0.2, 0) is 0 Å². The molecule has 0 aliphatic carbocycles. The third-order valence-electron chi connectivity index (χ3n) is 2.82. The first-order valence-corrected chi connectivity index (χ1v) is 7.59. The lowest BCUT2D eigenvalue weighted by Crippen LogP contribution is -2.16. The zero-order valence-corrected chi connectivity index (χ0v) is 12.8. The van der Waals surface area contributed by atoms with E-state index >= 15 is 0 Å². The number of nitrogens with one attached hydrogen (secondary N) is 1. The molecule has 0 spiro atoms. The maximum atomic E-state index is 6.37. The van der Waals surface area contributed by atoms with E-state index in [1.807, 2.05) is 18.4 Å². The van der Waals surface area contributed by atoms with Gasteiger partial charge in [-0.15, -0.1) is 22.7 Å². The average molecular weight is 286 g/mol. The van der Waals surface area contributed by atoms with E-state index in [1.165, 1.54) is 20.2 Å². The fourth-order valence-corrected chi connectivity index (χ4v) is 4.62. The fourth-order valence-electron chi connectivity index (χ4n) is 1.97. The quantitative estimate of drug-likeness (QED) is 0.862. The van der Waals surface area contributed by atoms with Gasteiger partial charge in [0.05, 0.1) is 11.1 Å². The summed E-state index contributed by atoms with van der Waals surface area (Å²) < 4.78 is 0. The largest absolute Gasteiger partial charge is 0.308 e. The van der Waals surface area contributed by atoms with Gasteiger partial charge in [0, 0.05) is 14.6 Å². The SMILES string of the molecule is CNC(c1sc(C)cc1C)c1scc(C)c1Cl. The summed E-state index contributed by atoms with van der Waals surface area (Å²) in [5.74, 6) is 0. The van der Waals surface area contributed by atoms with Crippen molar-refractivity contribution >= 4 is 34.3 Å². The smallest absolute Gasteiger partial charge is 0.0780 e. The molecule has 92 valence electrons. The Balaban J connectivity index is 2.47. The highest BCUT2D eigenvalue weighted by Crippen LogP contribution is 2.39. The van der Waals surface area contributed by atoms with Crippen LogP contribution in [0.2, 0.25) is 5.02 Å². The summed E-state index contributed by atoms with van der Waals surface area (Å²) in [6, 6.07) is 2.46. The Labute approximate surface area is 115 Å². The summed E-state index contributed by atoms with van der Waals surface area (Å²) >= 11 is 9.95. The number of hydrogen-bond acceptors (Lipinski definition) is 3. The predicted molar refractivity (Wildman–Crippen MR) is 78.8 cm³/mol. The van der Waals surface area contributed by atoms with Crippen LogP contribution in [0.5, 0.6) is 0 Å². The topological polar surface area (TPSA) is 12.0 Å². The van der Waals surface area contributed by atoms with E-state index in [2.05, 4.69) is 37.5 Å². The molecule has 1 unspecified atom stereocenters. The molecule has 2 rings (SSSR count). The van der Waals surface area contributed by atoms with Crippen molar-refractivity contribution in [2.45, 2.75) is 26.8 Å². The van der Waals surface area contributed by atoms with Crippen LogP contribution in [0.1, 0.15) is 31.8 Å².